The van der Waals surface area contributed by atoms with E-state index in [9.17, 15) is 14.7 Å². The van der Waals surface area contributed by atoms with Crippen molar-refractivity contribution >= 4 is 11.9 Å². The summed E-state index contributed by atoms with van der Waals surface area (Å²) in [6.07, 6.45) is 4.19. The molecule has 1 amide bonds. The Morgan fingerprint density at radius 3 is 2.50 bits per heavy atom. The summed E-state index contributed by atoms with van der Waals surface area (Å²) in [6.45, 7) is 1.75. The number of nitrogens with zero attached hydrogens (tertiary/aromatic N) is 1. The summed E-state index contributed by atoms with van der Waals surface area (Å²) in [5.41, 5.74) is -0.894. The van der Waals surface area contributed by atoms with E-state index in [4.69, 9.17) is 5.26 Å². The standard InChI is InChI=1S/C13H20N2O3/c1-10(5-8-14)15-11(16)9-13(12(17)18)6-3-2-4-7-13/h10H,2-7,9H2,1H3,(H,15,16)(H,17,18). The molecular weight excluding hydrogens is 232 g/mol. The fourth-order valence-electron chi connectivity index (χ4n) is 2.52. The van der Waals surface area contributed by atoms with Gasteiger partial charge in [-0.2, -0.15) is 5.26 Å². The van der Waals surface area contributed by atoms with Crippen molar-refractivity contribution < 1.29 is 14.7 Å². The second kappa shape index (κ2) is 6.39. The van der Waals surface area contributed by atoms with E-state index in [0.717, 1.165) is 19.3 Å². The number of carbonyl (C=O) groups excluding carboxylic acids is 1. The third-order valence-corrected chi connectivity index (χ3v) is 3.57. The molecule has 0 heterocycles. The highest BCUT2D eigenvalue weighted by molar-refractivity contribution is 5.85. The van der Waals surface area contributed by atoms with Crippen LogP contribution in [-0.2, 0) is 9.59 Å². The number of carbonyl (C=O) groups is 2. The van der Waals surface area contributed by atoms with E-state index in [1.165, 1.54) is 0 Å². The van der Waals surface area contributed by atoms with Crippen LogP contribution >= 0.6 is 0 Å². The third-order valence-electron chi connectivity index (χ3n) is 3.57. The Balaban J connectivity index is 2.59. The lowest BCUT2D eigenvalue weighted by molar-refractivity contribution is -0.154. The monoisotopic (exact) mass is 252 g/mol. The minimum Gasteiger partial charge on any atom is -0.481 e. The van der Waals surface area contributed by atoms with E-state index in [1.54, 1.807) is 6.92 Å². The van der Waals surface area contributed by atoms with Crippen LogP contribution in [0.25, 0.3) is 0 Å². The summed E-state index contributed by atoms with van der Waals surface area (Å²) < 4.78 is 0. The van der Waals surface area contributed by atoms with E-state index in [1.807, 2.05) is 6.07 Å². The lowest BCUT2D eigenvalue weighted by Gasteiger charge is -2.32. The minimum absolute atomic E-state index is 0.0259. The molecule has 1 aliphatic rings. The number of carboxylic acid groups (broad SMARTS) is 1. The van der Waals surface area contributed by atoms with Gasteiger partial charge in [0.2, 0.25) is 5.91 Å². The number of nitriles is 1. The van der Waals surface area contributed by atoms with E-state index >= 15 is 0 Å². The lowest BCUT2D eigenvalue weighted by Crippen LogP contribution is -2.41. The SMILES string of the molecule is CC(CC#N)NC(=O)CC1(C(=O)O)CCCCC1. The third kappa shape index (κ3) is 3.73. The quantitative estimate of drug-likeness (QED) is 0.781. The van der Waals surface area contributed by atoms with Gasteiger partial charge in [-0.3, -0.25) is 9.59 Å². The van der Waals surface area contributed by atoms with Crippen LogP contribution in [0.3, 0.4) is 0 Å². The van der Waals surface area contributed by atoms with Crippen LogP contribution in [0.1, 0.15) is 51.9 Å². The van der Waals surface area contributed by atoms with Crippen molar-refractivity contribution in [2.45, 2.75) is 57.9 Å². The molecule has 2 N–H and O–H groups in total. The van der Waals surface area contributed by atoms with Crippen molar-refractivity contribution in [1.82, 2.24) is 5.32 Å². The molecule has 0 saturated heterocycles. The Morgan fingerprint density at radius 1 is 1.39 bits per heavy atom. The molecule has 1 rings (SSSR count). The van der Waals surface area contributed by atoms with Gasteiger partial charge in [-0.25, -0.2) is 0 Å². The number of hydrogen-bond donors (Lipinski definition) is 2. The number of nitrogens with one attached hydrogen (secondary N) is 1. The number of carboxylic acids is 1. The summed E-state index contributed by atoms with van der Waals surface area (Å²) >= 11 is 0. The first-order valence-electron chi connectivity index (χ1n) is 6.40. The predicted molar refractivity (Wildman–Crippen MR) is 65.6 cm³/mol. The first kappa shape index (κ1) is 14.5. The molecule has 1 aliphatic carbocycles. The molecule has 5 heteroatoms. The van der Waals surface area contributed by atoms with Gasteiger partial charge >= 0.3 is 5.97 Å². The maximum Gasteiger partial charge on any atom is 0.310 e. The molecule has 1 fully saturated rings. The molecule has 0 aromatic carbocycles. The van der Waals surface area contributed by atoms with Crippen LogP contribution in [0.5, 0.6) is 0 Å². The van der Waals surface area contributed by atoms with E-state index in [-0.39, 0.29) is 24.8 Å². The van der Waals surface area contributed by atoms with Crippen LogP contribution in [0.2, 0.25) is 0 Å². The first-order valence-corrected chi connectivity index (χ1v) is 6.40. The van der Waals surface area contributed by atoms with Gasteiger partial charge in [0.15, 0.2) is 0 Å². The molecule has 0 spiro atoms. The van der Waals surface area contributed by atoms with Gasteiger partial charge in [-0.15, -0.1) is 0 Å². The fraction of sp³-hybridized carbons (Fsp3) is 0.769. The number of amides is 1. The largest absolute Gasteiger partial charge is 0.481 e. The van der Waals surface area contributed by atoms with E-state index in [0.29, 0.717) is 12.8 Å². The average molecular weight is 252 g/mol. The van der Waals surface area contributed by atoms with Crippen molar-refractivity contribution in [1.29, 1.82) is 5.26 Å². The Morgan fingerprint density at radius 2 is 2.00 bits per heavy atom. The van der Waals surface area contributed by atoms with Crippen molar-refractivity contribution in [3.05, 3.63) is 0 Å². The molecule has 100 valence electrons. The molecule has 0 aromatic rings. The summed E-state index contributed by atoms with van der Waals surface area (Å²) in [5.74, 6) is -1.13. The maximum atomic E-state index is 11.8. The van der Waals surface area contributed by atoms with Crippen molar-refractivity contribution in [3.63, 3.8) is 0 Å². The van der Waals surface area contributed by atoms with Gasteiger partial charge in [0.05, 0.1) is 17.9 Å². The lowest BCUT2D eigenvalue weighted by atomic mass is 9.71. The van der Waals surface area contributed by atoms with Gasteiger partial charge in [0.1, 0.15) is 0 Å². The molecule has 0 aromatic heterocycles. The zero-order valence-electron chi connectivity index (χ0n) is 10.7. The molecule has 1 saturated carbocycles. The molecule has 18 heavy (non-hydrogen) atoms. The fourth-order valence-corrected chi connectivity index (χ4v) is 2.52. The van der Waals surface area contributed by atoms with Crippen LogP contribution in [0.15, 0.2) is 0 Å². The van der Waals surface area contributed by atoms with Crippen molar-refractivity contribution in [2.24, 2.45) is 5.41 Å². The van der Waals surface area contributed by atoms with Gasteiger partial charge in [-0.1, -0.05) is 19.3 Å². The molecule has 1 unspecified atom stereocenters. The van der Waals surface area contributed by atoms with Crippen LogP contribution in [0.4, 0.5) is 0 Å². The Bertz CT molecular complexity index is 354. The summed E-state index contributed by atoms with van der Waals surface area (Å²) in [5, 5.41) is 20.5. The molecular formula is C13H20N2O3. The van der Waals surface area contributed by atoms with Gasteiger partial charge in [-0.05, 0) is 19.8 Å². The Kier molecular flexibility index (Phi) is 5.14. The van der Waals surface area contributed by atoms with Gasteiger partial charge in [0, 0.05) is 12.5 Å². The van der Waals surface area contributed by atoms with E-state index < -0.39 is 11.4 Å². The van der Waals surface area contributed by atoms with Crippen molar-refractivity contribution in [3.8, 4) is 6.07 Å². The van der Waals surface area contributed by atoms with E-state index in [2.05, 4.69) is 5.32 Å². The minimum atomic E-state index is -0.894. The molecule has 0 radical (unpaired) electrons. The smallest absolute Gasteiger partial charge is 0.310 e. The molecule has 0 bridgehead atoms. The summed E-state index contributed by atoms with van der Waals surface area (Å²) in [4.78, 5) is 23.2. The van der Waals surface area contributed by atoms with Gasteiger partial charge < -0.3 is 10.4 Å². The summed E-state index contributed by atoms with van der Waals surface area (Å²) in [6, 6.07) is 1.75. The highest BCUT2D eigenvalue weighted by Crippen LogP contribution is 2.39. The highest BCUT2D eigenvalue weighted by atomic mass is 16.4. The second-order valence-corrected chi connectivity index (χ2v) is 5.15. The van der Waals surface area contributed by atoms with Crippen LogP contribution in [-0.4, -0.2) is 23.0 Å². The van der Waals surface area contributed by atoms with Crippen molar-refractivity contribution in [2.75, 3.05) is 0 Å². The highest BCUT2D eigenvalue weighted by Gasteiger charge is 2.41. The number of aliphatic carboxylic acids is 1. The first-order chi connectivity index (χ1) is 8.50. The number of hydrogen-bond acceptors (Lipinski definition) is 3. The number of rotatable bonds is 5. The molecule has 5 nitrogen and oxygen atoms in total. The topological polar surface area (TPSA) is 90.2 Å². The van der Waals surface area contributed by atoms with Crippen LogP contribution < -0.4 is 5.32 Å². The van der Waals surface area contributed by atoms with Gasteiger partial charge in [0.25, 0.3) is 0 Å². The normalized spacial score (nSPS) is 19.6. The molecule has 0 aliphatic heterocycles. The van der Waals surface area contributed by atoms with Crippen LogP contribution in [0, 0.1) is 16.7 Å². The zero-order valence-corrected chi connectivity index (χ0v) is 10.7. The second-order valence-electron chi connectivity index (χ2n) is 5.15. The Hall–Kier alpha value is -1.57. The average Bonchev–Trinajstić information content (AvgIpc) is 2.29. The molecule has 1 atom stereocenters. The predicted octanol–water partition coefficient (Wildman–Crippen LogP) is 1.83. The Labute approximate surface area is 107 Å². The summed E-state index contributed by atoms with van der Waals surface area (Å²) in [7, 11) is 0. The zero-order chi connectivity index (χ0) is 13.6. The maximum absolute atomic E-state index is 11.8.